The molecular weight excluding hydrogens is 249 g/mol. The van der Waals surface area contributed by atoms with E-state index in [4.69, 9.17) is 11.5 Å². The van der Waals surface area contributed by atoms with Gasteiger partial charge in [0.25, 0.3) is 0 Å². The monoisotopic (exact) mass is 268 g/mol. The van der Waals surface area contributed by atoms with Gasteiger partial charge in [-0.25, -0.2) is 0 Å². The highest BCUT2D eigenvalue weighted by Crippen LogP contribution is 2.17. The first kappa shape index (κ1) is 15.2. The lowest BCUT2D eigenvalue weighted by atomic mass is 10.0. The predicted octanol–water partition coefficient (Wildman–Crippen LogP) is -0.631. The van der Waals surface area contributed by atoms with Gasteiger partial charge in [0.05, 0.1) is 6.54 Å². The summed E-state index contributed by atoms with van der Waals surface area (Å²) in [5.74, 6) is -0.611. The lowest BCUT2D eigenvalue weighted by Gasteiger charge is -2.37. The molecule has 1 aliphatic rings. The Kier molecular flexibility index (Phi) is 4.57. The van der Waals surface area contributed by atoms with Crippen LogP contribution in [0.25, 0.3) is 0 Å². The van der Waals surface area contributed by atoms with Crippen LogP contribution >= 0.6 is 0 Å². The van der Waals surface area contributed by atoms with Gasteiger partial charge in [0.2, 0.25) is 5.91 Å². The van der Waals surface area contributed by atoms with Crippen molar-refractivity contribution in [3.05, 3.63) is 0 Å². The third-order valence-corrected chi connectivity index (χ3v) is 2.98. The minimum Gasteiger partial charge on any atom is -0.368 e. The lowest BCUT2D eigenvalue weighted by molar-refractivity contribution is -0.149. The van der Waals surface area contributed by atoms with Gasteiger partial charge in [0.1, 0.15) is 5.54 Å². The summed E-state index contributed by atoms with van der Waals surface area (Å²) in [5, 5.41) is 0. The molecule has 1 rings (SSSR count). The summed E-state index contributed by atoms with van der Waals surface area (Å²) in [7, 11) is 0. The SMILES string of the molecule is CC(N)(CN1CCN(CC(F)(F)F)CC1)C(N)=O. The molecule has 1 fully saturated rings. The first-order chi connectivity index (χ1) is 8.10. The standard InChI is InChI=1S/C10H19F3N4O/c1-9(15,8(14)18)6-16-2-4-17(5-3-16)7-10(11,12)13/h2-7,15H2,1H3,(H2,14,18). The van der Waals surface area contributed by atoms with E-state index in [1.54, 1.807) is 0 Å². The highest BCUT2D eigenvalue weighted by atomic mass is 19.4. The Morgan fingerprint density at radius 3 is 1.83 bits per heavy atom. The van der Waals surface area contributed by atoms with Crippen molar-refractivity contribution >= 4 is 5.91 Å². The molecule has 0 aliphatic carbocycles. The second-order valence-electron chi connectivity index (χ2n) is 4.95. The van der Waals surface area contributed by atoms with E-state index in [-0.39, 0.29) is 6.54 Å². The van der Waals surface area contributed by atoms with Gasteiger partial charge in [0, 0.05) is 32.7 Å². The Morgan fingerprint density at radius 1 is 1.11 bits per heavy atom. The first-order valence-corrected chi connectivity index (χ1v) is 5.70. The number of nitrogens with zero attached hydrogens (tertiary/aromatic N) is 2. The summed E-state index contributed by atoms with van der Waals surface area (Å²) < 4.78 is 36.5. The number of primary amides is 1. The Balaban J connectivity index is 2.38. The molecule has 0 aromatic heterocycles. The maximum atomic E-state index is 12.2. The summed E-state index contributed by atoms with van der Waals surface area (Å²) in [6.07, 6.45) is -4.17. The third kappa shape index (κ3) is 4.79. The highest BCUT2D eigenvalue weighted by Gasteiger charge is 2.34. The normalized spacial score (nSPS) is 22.7. The van der Waals surface area contributed by atoms with E-state index >= 15 is 0 Å². The largest absolute Gasteiger partial charge is 0.401 e. The number of hydrogen-bond acceptors (Lipinski definition) is 4. The third-order valence-electron chi connectivity index (χ3n) is 2.98. The number of rotatable bonds is 4. The zero-order valence-electron chi connectivity index (χ0n) is 10.3. The van der Waals surface area contributed by atoms with Crippen LogP contribution < -0.4 is 11.5 Å². The molecule has 0 spiro atoms. The summed E-state index contributed by atoms with van der Waals surface area (Å²) in [5.41, 5.74) is 9.72. The van der Waals surface area contributed by atoms with Crippen molar-refractivity contribution in [2.75, 3.05) is 39.3 Å². The van der Waals surface area contributed by atoms with Crippen LogP contribution in [0.2, 0.25) is 0 Å². The summed E-state index contributed by atoms with van der Waals surface area (Å²) >= 11 is 0. The van der Waals surface area contributed by atoms with E-state index in [1.165, 1.54) is 11.8 Å². The Morgan fingerprint density at radius 2 is 1.50 bits per heavy atom. The Labute approximate surface area is 104 Å². The van der Waals surface area contributed by atoms with Crippen molar-refractivity contribution in [1.29, 1.82) is 0 Å². The van der Waals surface area contributed by atoms with E-state index in [0.717, 1.165) is 0 Å². The van der Waals surface area contributed by atoms with Gasteiger partial charge in [-0.3, -0.25) is 14.6 Å². The van der Waals surface area contributed by atoms with E-state index in [2.05, 4.69) is 0 Å². The molecule has 0 radical (unpaired) electrons. The molecule has 1 atom stereocenters. The Hall–Kier alpha value is -0.860. The number of piperazine rings is 1. The lowest BCUT2D eigenvalue weighted by Crippen LogP contribution is -2.60. The van der Waals surface area contributed by atoms with Crippen molar-refractivity contribution in [1.82, 2.24) is 9.80 Å². The molecule has 0 aromatic carbocycles. The van der Waals surface area contributed by atoms with Crippen LogP contribution in [-0.4, -0.2) is 66.7 Å². The molecule has 18 heavy (non-hydrogen) atoms. The number of nitrogens with two attached hydrogens (primary N) is 2. The molecule has 1 saturated heterocycles. The van der Waals surface area contributed by atoms with E-state index in [9.17, 15) is 18.0 Å². The number of alkyl halides is 3. The van der Waals surface area contributed by atoms with Gasteiger partial charge in [-0.05, 0) is 6.92 Å². The van der Waals surface area contributed by atoms with Crippen LogP contribution in [0.1, 0.15) is 6.92 Å². The molecule has 8 heteroatoms. The summed E-state index contributed by atoms with van der Waals surface area (Å²) in [4.78, 5) is 14.3. The fourth-order valence-corrected chi connectivity index (χ4v) is 1.90. The van der Waals surface area contributed by atoms with Gasteiger partial charge in [-0.1, -0.05) is 0 Å². The minimum atomic E-state index is -4.17. The number of carbonyl (C=O) groups is 1. The number of halogens is 3. The first-order valence-electron chi connectivity index (χ1n) is 5.70. The van der Waals surface area contributed by atoms with Crippen molar-refractivity contribution < 1.29 is 18.0 Å². The van der Waals surface area contributed by atoms with E-state index < -0.39 is 24.2 Å². The average molecular weight is 268 g/mol. The van der Waals surface area contributed by atoms with Gasteiger partial charge in [0.15, 0.2) is 0 Å². The zero-order chi connectivity index (χ0) is 14.0. The van der Waals surface area contributed by atoms with Gasteiger partial charge < -0.3 is 11.5 Å². The molecule has 1 amide bonds. The molecule has 4 N–H and O–H groups in total. The fraction of sp³-hybridized carbons (Fsp3) is 0.900. The van der Waals surface area contributed by atoms with Gasteiger partial charge in [-0.2, -0.15) is 13.2 Å². The molecule has 1 unspecified atom stereocenters. The molecule has 5 nitrogen and oxygen atoms in total. The average Bonchev–Trinajstić information content (AvgIpc) is 2.18. The fourth-order valence-electron chi connectivity index (χ4n) is 1.90. The van der Waals surface area contributed by atoms with Crippen LogP contribution in [0.4, 0.5) is 13.2 Å². The quantitative estimate of drug-likeness (QED) is 0.712. The van der Waals surface area contributed by atoms with Gasteiger partial charge >= 0.3 is 6.18 Å². The number of carbonyl (C=O) groups excluding carboxylic acids is 1. The smallest absolute Gasteiger partial charge is 0.368 e. The van der Waals surface area contributed by atoms with Crippen LogP contribution in [0.3, 0.4) is 0 Å². The van der Waals surface area contributed by atoms with Crippen LogP contribution in [0.5, 0.6) is 0 Å². The summed E-state index contributed by atoms with van der Waals surface area (Å²) in [6, 6.07) is 0. The van der Waals surface area contributed by atoms with E-state index in [1.807, 2.05) is 4.90 Å². The molecule has 0 aromatic rings. The molecule has 106 valence electrons. The van der Waals surface area contributed by atoms with Crippen molar-refractivity contribution in [3.8, 4) is 0 Å². The second kappa shape index (κ2) is 5.41. The molecular formula is C10H19F3N4O. The maximum Gasteiger partial charge on any atom is 0.401 e. The van der Waals surface area contributed by atoms with Crippen molar-refractivity contribution in [2.45, 2.75) is 18.6 Å². The van der Waals surface area contributed by atoms with E-state index in [0.29, 0.717) is 26.2 Å². The molecule has 0 saturated carbocycles. The van der Waals surface area contributed by atoms with Crippen LogP contribution in [0, 0.1) is 0 Å². The minimum absolute atomic E-state index is 0.266. The zero-order valence-corrected chi connectivity index (χ0v) is 10.3. The maximum absolute atomic E-state index is 12.2. The van der Waals surface area contributed by atoms with Crippen LogP contribution in [-0.2, 0) is 4.79 Å². The van der Waals surface area contributed by atoms with Crippen molar-refractivity contribution in [3.63, 3.8) is 0 Å². The van der Waals surface area contributed by atoms with Crippen molar-refractivity contribution in [2.24, 2.45) is 11.5 Å². The van der Waals surface area contributed by atoms with Crippen LogP contribution in [0.15, 0.2) is 0 Å². The summed E-state index contributed by atoms with van der Waals surface area (Å²) in [6.45, 7) is 2.44. The predicted molar refractivity (Wildman–Crippen MR) is 60.7 cm³/mol. The number of amides is 1. The topological polar surface area (TPSA) is 75.6 Å². The molecule has 1 heterocycles. The molecule has 1 aliphatic heterocycles. The van der Waals surface area contributed by atoms with Gasteiger partial charge in [-0.15, -0.1) is 0 Å². The highest BCUT2D eigenvalue weighted by molar-refractivity contribution is 5.84. The Bertz CT molecular complexity index is 298. The second-order valence-corrected chi connectivity index (χ2v) is 4.95. The molecule has 0 bridgehead atoms. The number of hydrogen-bond donors (Lipinski definition) is 2.